The Balaban J connectivity index is 2.12. The van der Waals surface area contributed by atoms with E-state index in [1.807, 2.05) is 12.1 Å². The van der Waals surface area contributed by atoms with Crippen molar-refractivity contribution in [1.29, 1.82) is 0 Å². The van der Waals surface area contributed by atoms with Crippen LogP contribution in [0.25, 0.3) is 0 Å². The molecule has 0 spiro atoms. The summed E-state index contributed by atoms with van der Waals surface area (Å²) in [5.74, 6) is -0.607. The molecule has 0 fully saturated rings. The first-order valence-electron chi connectivity index (χ1n) is 5.27. The number of anilines is 1. The largest absolute Gasteiger partial charge is 0.268 e. The van der Waals surface area contributed by atoms with Crippen LogP contribution in [0, 0.1) is 3.57 Å². The van der Waals surface area contributed by atoms with Gasteiger partial charge in [0, 0.05) is 16.0 Å². The molecule has 4 nitrogen and oxygen atoms in total. The minimum Gasteiger partial charge on any atom is -0.268 e. The summed E-state index contributed by atoms with van der Waals surface area (Å²) in [5.41, 5.74) is 1.36. The predicted molar refractivity (Wildman–Crippen MR) is 74.5 cm³/mol. The molecule has 1 aromatic heterocycles. The Labute approximate surface area is 117 Å². The van der Waals surface area contributed by atoms with Crippen molar-refractivity contribution in [1.82, 2.24) is 4.98 Å². The number of fused-ring (bicyclic) bond motifs is 1. The fourth-order valence-corrected chi connectivity index (χ4v) is 2.46. The minimum absolute atomic E-state index is 0.292. The highest BCUT2D eigenvalue weighted by molar-refractivity contribution is 14.1. The van der Waals surface area contributed by atoms with Crippen LogP contribution in [0.2, 0.25) is 0 Å². The van der Waals surface area contributed by atoms with Crippen molar-refractivity contribution >= 4 is 40.1 Å². The smallest absolute Gasteiger partial charge is 0.267 e. The molecule has 1 aliphatic rings. The topological polar surface area (TPSA) is 50.3 Å². The monoisotopic (exact) mass is 350 g/mol. The summed E-state index contributed by atoms with van der Waals surface area (Å²) >= 11 is 2.14. The van der Waals surface area contributed by atoms with Gasteiger partial charge in [0.25, 0.3) is 11.8 Å². The third-order valence-electron chi connectivity index (χ3n) is 2.75. The lowest BCUT2D eigenvalue weighted by molar-refractivity contribution is 0.0926. The maximum Gasteiger partial charge on any atom is 0.267 e. The average Bonchev–Trinajstić information content (AvgIpc) is 2.63. The summed E-state index contributed by atoms with van der Waals surface area (Å²) in [6, 6.07) is 8.85. The molecule has 3 rings (SSSR count). The second kappa shape index (κ2) is 4.16. The second-order valence-corrected chi connectivity index (χ2v) is 5.09. The quantitative estimate of drug-likeness (QED) is 0.587. The summed E-state index contributed by atoms with van der Waals surface area (Å²) in [7, 11) is 0. The van der Waals surface area contributed by atoms with Gasteiger partial charge in [-0.25, -0.2) is 4.90 Å². The molecule has 0 bridgehead atoms. The maximum atomic E-state index is 12.2. The van der Waals surface area contributed by atoms with E-state index in [-0.39, 0.29) is 11.8 Å². The lowest BCUT2D eigenvalue weighted by Gasteiger charge is -2.13. The molecular formula is C13H7IN2O2. The first-order valence-corrected chi connectivity index (χ1v) is 6.35. The SMILES string of the molecule is O=C1c2ccncc2C(=O)N1c1cccc(I)c1. The molecule has 88 valence electrons. The standard InChI is InChI=1S/C13H7IN2O2/c14-8-2-1-3-9(6-8)16-12(17)10-4-5-15-7-11(10)13(16)18/h1-7H. The van der Waals surface area contributed by atoms with Crippen molar-refractivity contribution in [2.75, 3.05) is 4.90 Å². The number of pyridine rings is 1. The van der Waals surface area contributed by atoms with Crippen LogP contribution in [0.3, 0.4) is 0 Å². The van der Waals surface area contributed by atoms with Gasteiger partial charge in [-0.05, 0) is 46.9 Å². The number of hydrogen-bond acceptors (Lipinski definition) is 3. The number of carbonyl (C=O) groups excluding carboxylic acids is 2. The van der Waals surface area contributed by atoms with E-state index in [4.69, 9.17) is 0 Å². The first kappa shape index (κ1) is 11.3. The average molecular weight is 350 g/mol. The summed E-state index contributed by atoms with van der Waals surface area (Å²) in [4.78, 5) is 29.4. The molecule has 0 saturated heterocycles. The number of halogens is 1. The van der Waals surface area contributed by atoms with Gasteiger partial charge in [-0.15, -0.1) is 0 Å². The van der Waals surface area contributed by atoms with Crippen molar-refractivity contribution < 1.29 is 9.59 Å². The highest BCUT2D eigenvalue weighted by Crippen LogP contribution is 2.28. The molecule has 1 aromatic carbocycles. The van der Waals surface area contributed by atoms with E-state index in [0.717, 1.165) is 3.57 Å². The second-order valence-electron chi connectivity index (χ2n) is 3.85. The molecule has 1 aliphatic heterocycles. The molecule has 18 heavy (non-hydrogen) atoms. The van der Waals surface area contributed by atoms with Crippen molar-refractivity contribution in [3.8, 4) is 0 Å². The van der Waals surface area contributed by atoms with E-state index in [1.54, 1.807) is 18.2 Å². The molecule has 2 aromatic rings. The van der Waals surface area contributed by atoms with Gasteiger partial charge in [0.05, 0.1) is 16.8 Å². The van der Waals surface area contributed by atoms with Gasteiger partial charge in [0.15, 0.2) is 0 Å². The van der Waals surface area contributed by atoms with E-state index in [9.17, 15) is 9.59 Å². The van der Waals surface area contributed by atoms with Crippen molar-refractivity contribution in [3.05, 3.63) is 57.4 Å². The molecule has 0 unspecified atom stereocenters. The summed E-state index contributed by atoms with van der Waals surface area (Å²) in [5, 5.41) is 0. The molecule has 5 heteroatoms. The Bertz CT molecular complexity index is 635. The Hall–Kier alpha value is -1.76. The normalized spacial score (nSPS) is 13.9. The third-order valence-corrected chi connectivity index (χ3v) is 3.43. The highest BCUT2D eigenvalue weighted by Gasteiger charge is 2.36. The predicted octanol–water partition coefficient (Wildman–Crippen LogP) is 2.49. The maximum absolute atomic E-state index is 12.2. The Morgan fingerprint density at radius 3 is 2.56 bits per heavy atom. The summed E-state index contributed by atoms with van der Waals surface area (Å²) < 4.78 is 0.972. The summed E-state index contributed by atoms with van der Waals surface area (Å²) in [6.45, 7) is 0. The fraction of sp³-hybridized carbons (Fsp3) is 0. The van der Waals surface area contributed by atoms with Gasteiger partial charge in [0.1, 0.15) is 0 Å². The third kappa shape index (κ3) is 1.62. The van der Waals surface area contributed by atoms with E-state index in [1.165, 1.54) is 17.3 Å². The van der Waals surface area contributed by atoms with Gasteiger partial charge in [-0.2, -0.15) is 0 Å². The van der Waals surface area contributed by atoms with Crippen LogP contribution in [0.4, 0.5) is 5.69 Å². The molecule has 2 heterocycles. The van der Waals surface area contributed by atoms with Crippen LogP contribution in [-0.4, -0.2) is 16.8 Å². The Morgan fingerprint density at radius 1 is 1.06 bits per heavy atom. The molecular weight excluding hydrogens is 343 g/mol. The Morgan fingerprint density at radius 2 is 1.83 bits per heavy atom. The van der Waals surface area contributed by atoms with Crippen LogP contribution in [0.15, 0.2) is 42.7 Å². The fourth-order valence-electron chi connectivity index (χ4n) is 1.93. The van der Waals surface area contributed by atoms with Gasteiger partial charge in [-0.3, -0.25) is 14.6 Å². The Kier molecular flexibility index (Phi) is 2.62. The van der Waals surface area contributed by atoms with Crippen LogP contribution in [0.5, 0.6) is 0 Å². The number of hydrogen-bond donors (Lipinski definition) is 0. The molecule has 0 aliphatic carbocycles. The molecule has 2 amide bonds. The van der Waals surface area contributed by atoms with Crippen LogP contribution in [-0.2, 0) is 0 Å². The molecule has 0 saturated carbocycles. The molecule has 0 atom stereocenters. The van der Waals surface area contributed by atoms with E-state index < -0.39 is 0 Å². The van der Waals surface area contributed by atoms with Crippen molar-refractivity contribution in [2.24, 2.45) is 0 Å². The zero-order chi connectivity index (χ0) is 12.7. The zero-order valence-corrected chi connectivity index (χ0v) is 11.3. The van der Waals surface area contributed by atoms with Gasteiger partial charge in [-0.1, -0.05) is 6.07 Å². The summed E-state index contributed by atoms with van der Waals surface area (Å²) in [6.07, 6.45) is 2.95. The number of rotatable bonds is 1. The van der Waals surface area contributed by atoms with Gasteiger partial charge >= 0.3 is 0 Å². The van der Waals surface area contributed by atoms with Crippen LogP contribution < -0.4 is 4.90 Å². The zero-order valence-electron chi connectivity index (χ0n) is 9.13. The lowest BCUT2D eigenvalue weighted by Crippen LogP contribution is -2.29. The highest BCUT2D eigenvalue weighted by atomic mass is 127. The van der Waals surface area contributed by atoms with Gasteiger partial charge < -0.3 is 0 Å². The number of aromatic nitrogens is 1. The molecule has 0 radical (unpaired) electrons. The van der Waals surface area contributed by atoms with Gasteiger partial charge in [0.2, 0.25) is 0 Å². The van der Waals surface area contributed by atoms with Crippen LogP contribution >= 0.6 is 22.6 Å². The first-order chi connectivity index (χ1) is 8.68. The van der Waals surface area contributed by atoms with Crippen LogP contribution in [0.1, 0.15) is 20.7 Å². The number of nitrogens with zero attached hydrogens (tertiary/aromatic N) is 2. The minimum atomic E-state index is -0.315. The number of imide groups is 1. The van der Waals surface area contributed by atoms with E-state index in [2.05, 4.69) is 27.6 Å². The number of amides is 2. The van der Waals surface area contributed by atoms with E-state index >= 15 is 0 Å². The number of benzene rings is 1. The lowest BCUT2D eigenvalue weighted by atomic mass is 10.2. The molecule has 0 N–H and O–H groups in total. The van der Waals surface area contributed by atoms with Crippen molar-refractivity contribution in [2.45, 2.75) is 0 Å². The van der Waals surface area contributed by atoms with Crippen molar-refractivity contribution in [3.63, 3.8) is 0 Å². The van der Waals surface area contributed by atoms with E-state index in [0.29, 0.717) is 16.8 Å². The number of carbonyl (C=O) groups is 2.